The number of carboxylic acids is 1. The highest BCUT2D eigenvalue weighted by atomic mass is 32.2. The van der Waals surface area contributed by atoms with Crippen LogP contribution in [-0.4, -0.2) is 51.8 Å². The van der Waals surface area contributed by atoms with Crippen molar-refractivity contribution in [3.8, 4) is 0 Å². The number of anilines is 1. The van der Waals surface area contributed by atoms with Crippen molar-refractivity contribution in [3.05, 3.63) is 51.3 Å². The molecule has 0 aliphatic carbocycles. The van der Waals surface area contributed by atoms with Crippen LogP contribution in [0.2, 0.25) is 0 Å². The van der Waals surface area contributed by atoms with Gasteiger partial charge in [-0.3, -0.25) is 4.79 Å². The van der Waals surface area contributed by atoms with Gasteiger partial charge in [0.25, 0.3) is 0 Å². The highest BCUT2D eigenvalue weighted by Crippen LogP contribution is 2.26. The van der Waals surface area contributed by atoms with E-state index in [0.717, 1.165) is 23.1 Å². The molecular formula is C21H21N3O5S2. The number of fused-ring (bicyclic) bond motifs is 1. The molecule has 3 heterocycles. The molecule has 0 radical (unpaired) electrons. The van der Waals surface area contributed by atoms with Gasteiger partial charge in [-0.05, 0) is 31.0 Å². The van der Waals surface area contributed by atoms with E-state index in [2.05, 4.69) is 10.3 Å². The zero-order chi connectivity index (χ0) is 22.0. The molecule has 1 aliphatic rings. The van der Waals surface area contributed by atoms with Crippen LogP contribution in [0.15, 0.2) is 43.2 Å². The van der Waals surface area contributed by atoms with Gasteiger partial charge in [-0.1, -0.05) is 11.8 Å². The molecule has 8 nitrogen and oxygen atoms in total. The molecule has 0 saturated carbocycles. The first-order chi connectivity index (χ1) is 14.9. The Hall–Kier alpha value is -2.85. The van der Waals surface area contributed by atoms with Crippen LogP contribution >= 0.6 is 23.1 Å². The van der Waals surface area contributed by atoms with Crippen molar-refractivity contribution in [3.63, 3.8) is 0 Å². The van der Waals surface area contributed by atoms with E-state index in [1.54, 1.807) is 0 Å². The van der Waals surface area contributed by atoms with Crippen LogP contribution < -0.4 is 10.9 Å². The fourth-order valence-electron chi connectivity index (χ4n) is 3.64. The lowest BCUT2D eigenvalue weighted by Crippen LogP contribution is -2.39. The lowest BCUT2D eigenvalue weighted by molar-refractivity contribution is -0.128. The van der Waals surface area contributed by atoms with Gasteiger partial charge < -0.3 is 19.7 Å². The van der Waals surface area contributed by atoms with Crippen molar-refractivity contribution in [2.24, 2.45) is 0 Å². The summed E-state index contributed by atoms with van der Waals surface area (Å²) < 4.78 is 5.99. The summed E-state index contributed by atoms with van der Waals surface area (Å²) >= 11 is 2.75. The van der Waals surface area contributed by atoms with Crippen LogP contribution in [0.1, 0.15) is 28.9 Å². The molecule has 0 unspecified atom stereocenters. The van der Waals surface area contributed by atoms with E-state index in [0.29, 0.717) is 35.2 Å². The van der Waals surface area contributed by atoms with Crippen molar-refractivity contribution >= 4 is 51.6 Å². The number of carboxylic acid groups (broad SMARTS) is 1. The second-order valence-corrected chi connectivity index (χ2v) is 9.47. The van der Waals surface area contributed by atoms with E-state index in [4.69, 9.17) is 9.52 Å². The Morgan fingerprint density at radius 1 is 1.39 bits per heavy atom. The minimum atomic E-state index is -1.04. The fourth-order valence-corrected chi connectivity index (χ4v) is 5.45. The Labute approximate surface area is 186 Å². The number of aromatic carboxylic acids is 1. The first-order valence-electron chi connectivity index (χ1n) is 9.80. The summed E-state index contributed by atoms with van der Waals surface area (Å²) in [6.45, 7) is 3.04. The van der Waals surface area contributed by atoms with Gasteiger partial charge in [-0.2, -0.15) is 0 Å². The molecule has 2 aromatic heterocycles. The summed E-state index contributed by atoms with van der Waals surface area (Å²) in [6, 6.07) is 7.21. The predicted molar refractivity (Wildman–Crippen MR) is 120 cm³/mol. The highest BCUT2D eigenvalue weighted by molar-refractivity contribution is 8.01. The van der Waals surface area contributed by atoms with Crippen LogP contribution in [0.5, 0.6) is 0 Å². The molecule has 1 aromatic carbocycles. The third kappa shape index (κ3) is 4.91. The predicted octanol–water partition coefficient (Wildman–Crippen LogP) is 3.45. The smallest absolute Gasteiger partial charge is 0.355 e. The molecule has 10 heteroatoms. The summed E-state index contributed by atoms with van der Waals surface area (Å²) in [4.78, 5) is 40.8. The number of amides is 1. The second kappa shape index (κ2) is 9.11. The number of benzene rings is 1. The van der Waals surface area contributed by atoms with Crippen molar-refractivity contribution in [1.82, 2.24) is 9.88 Å². The van der Waals surface area contributed by atoms with Gasteiger partial charge >= 0.3 is 11.6 Å². The maximum Gasteiger partial charge on any atom is 0.355 e. The van der Waals surface area contributed by atoms with Crippen molar-refractivity contribution in [1.29, 1.82) is 0 Å². The molecule has 2 N–H and O–H groups in total. The molecule has 1 fully saturated rings. The highest BCUT2D eigenvalue weighted by Gasteiger charge is 2.30. The molecule has 31 heavy (non-hydrogen) atoms. The minimum Gasteiger partial charge on any atom is -0.476 e. The number of nitrogens with zero attached hydrogens (tertiary/aromatic N) is 2. The summed E-state index contributed by atoms with van der Waals surface area (Å²) in [6.07, 6.45) is 1.29. The monoisotopic (exact) mass is 459 g/mol. The van der Waals surface area contributed by atoms with Gasteiger partial charge in [0.05, 0.1) is 0 Å². The van der Waals surface area contributed by atoms with Gasteiger partial charge in [0.1, 0.15) is 5.58 Å². The Morgan fingerprint density at radius 3 is 3.00 bits per heavy atom. The number of carbonyl (C=O) groups excluding carboxylic acids is 1. The van der Waals surface area contributed by atoms with Crippen LogP contribution in [0.4, 0.5) is 5.69 Å². The lowest BCUT2D eigenvalue weighted by atomic mass is 10.1. The Kier molecular flexibility index (Phi) is 6.28. The van der Waals surface area contributed by atoms with E-state index in [9.17, 15) is 14.4 Å². The van der Waals surface area contributed by atoms with Crippen molar-refractivity contribution in [2.45, 2.75) is 30.1 Å². The van der Waals surface area contributed by atoms with E-state index in [-0.39, 0.29) is 23.3 Å². The number of likely N-dealkylation sites (tertiary alicyclic amines) is 1. The van der Waals surface area contributed by atoms with Crippen LogP contribution in [0.3, 0.4) is 0 Å². The summed E-state index contributed by atoms with van der Waals surface area (Å²) in [5.41, 5.74) is 1.92. The number of thiazole rings is 1. The summed E-state index contributed by atoms with van der Waals surface area (Å²) in [7, 11) is 0. The standard InChI is InChI=1S/C21H21N3O5S2/c1-12-8-19(26)29-17-9-13(2-4-15(12)17)22-10-14-3-5-18(25)24(14)6-7-30-21-23-16(11-31-21)20(27)28/h2,4,8-9,11,14,22H,3,5-7,10H2,1H3,(H,27,28)/t14-/m1/s1. The number of nitrogens with one attached hydrogen (secondary N) is 1. The van der Waals surface area contributed by atoms with Gasteiger partial charge in [0.2, 0.25) is 5.91 Å². The topological polar surface area (TPSA) is 113 Å². The third-order valence-corrected chi connectivity index (χ3v) is 7.21. The van der Waals surface area contributed by atoms with Gasteiger partial charge in [0, 0.05) is 59.9 Å². The first-order valence-corrected chi connectivity index (χ1v) is 11.7. The maximum atomic E-state index is 12.3. The van der Waals surface area contributed by atoms with E-state index in [1.807, 2.05) is 30.0 Å². The van der Waals surface area contributed by atoms with Crippen molar-refractivity contribution in [2.75, 3.05) is 24.2 Å². The fraction of sp³-hybridized carbons (Fsp3) is 0.333. The summed E-state index contributed by atoms with van der Waals surface area (Å²) in [5, 5.41) is 14.7. The number of hydrogen-bond acceptors (Lipinski definition) is 8. The average molecular weight is 460 g/mol. The summed E-state index contributed by atoms with van der Waals surface area (Å²) in [5.74, 6) is -0.264. The Balaban J connectivity index is 1.35. The van der Waals surface area contributed by atoms with Crippen molar-refractivity contribution < 1.29 is 19.1 Å². The molecule has 4 rings (SSSR count). The second-order valence-electron chi connectivity index (χ2n) is 7.27. The molecule has 1 aliphatic heterocycles. The Bertz CT molecular complexity index is 1190. The maximum absolute atomic E-state index is 12.3. The molecule has 1 saturated heterocycles. The molecule has 1 amide bonds. The normalized spacial score (nSPS) is 16.2. The molecule has 0 bridgehead atoms. The van der Waals surface area contributed by atoms with Crippen LogP contribution in [0, 0.1) is 6.92 Å². The number of hydrogen-bond donors (Lipinski definition) is 2. The van der Waals surface area contributed by atoms with Gasteiger partial charge in [0.15, 0.2) is 10.0 Å². The number of carbonyl (C=O) groups is 2. The molecule has 1 atom stereocenters. The van der Waals surface area contributed by atoms with Crippen LogP contribution in [0.25, 0.3) is 11.0 Å². The number of aryl methyl sites for hydroxylation is 1. The number of thioether (sulfide) groups is 1. The molecule has 0 spiro atoms. The van der Waals surface area contributed by atoms with E-state index >= 15 is 0 Å². The zero-order valence-corrected chi connectivity index (χ0v) is 18.4. The largest absolute Gasteiger partial charge is 0.476 e. The quantitative estimate of drug-likeness (QED) is 0.389. The minimum absolute atomic E-state index is 0.0493. The SMILES string of the molecule is Cc1cc(=O)oc2cc(NC[C@H]3CCC(=O)N3CCSc3nc(C(=O)O)cs3)ccc12. The van der Waals surface area contributed by atoms with Gasteiger partial charge in [-0.15, -0.1) is 11.3 Å². The van der Waals surface area contributed by atoms with E-state index in [1.165, 1.54) is 34.5 Å². The van der Waals surface area contributed by atoms with Crippen LogP contribution in [-0.2, 0) is 4.79 Å². The number of aromatic nitrogens is 1. The first kappa shape index (κ1) is 21.4. The molecule has 3 aromatic rings. The van der Waals surface area contributed by atoms with E-state index < -0.39 is 5.97 Å². The molecular weight excluding hydrogens is 438 g/mol. The lowest BCUT2D eigenvalue weighted by Gasteiger charge is -2.25. The van der Waals surface area contributed by atoms with Gasteiger partial charge in [-0.25, -0.2) is 14.6 Å². The molecule has 162 valence electrons. The Morgan fingerprint density at radius 2 is 2.23 bits per heavy atom. The third-order valence-electron chi connectivity index (χ3n) is 5.21. The number of rotatable bonds is 8. The zero-order valence-electron chi connectivity index (χ0n) is 16.8. The average Bonchev–Trinajstić information content (AvgIpc) is 3.33.